The van der Waals surface area contributed by atoms with E-state index in [-0.39, 0.29) is 6.54 Å². The Kier molecular flexibility index (Phi) is 5.38. The topological polar surface area (TPSA) is 75.1 Å². The molecule has 0 radical (unpaired) electrons. The number of azide groups is 1. The average molecular weight is 281 g/mol. The lowest BCUT2D eigenvalue weighted by Crippen LogP contribution is -2.03. The molecule has 2 aromatic carbocycles. The molecule has 0 amide bonds. The number of carbonyl (C=O) groups excluding carboxylic acids is 1. The van der Waals surface area contributed by atoms with Crippen molar-refractivity contribution in [2.75, 3.05) is 6.54 Å². The Labute approximate surface area is 122 Å². The zero-order chi connectivity index (χ0) is 14.9. The predicted molar refractivity (Wildman–Crippen MR) is 80.0 cm³/mol. The van der Waals surface area contributed by atoms with Gasteiger partial charge in [-0.05, 0) is 28.8 Å². The molecule has 5 nitrogen and oxygen atoms in total. The van der Waals surface area contributed by atoms with E-state index in [1.807, 2.05) is 54.6 Å². The molecule has 0 bridgehead atoms. The highest BCUT2D eigenvalue weighted by atomic mass is 16.5. The van der Waals surface area contributed by atoms with E-state index in [0.717, 1.165) is 23.2 Å². The smallest absolute Gasteiger partial charge is 0.127 e. The van der Waals surface area contributed by atoms with Crippen molar-refractivity contribution in [3.63, 3.8) is 0 Å². The minimum atomic E-state index is -0.413. The number of nitrogens with zero attached hydrogens (tertiary/aromatic N) is 3. The molecule has 5 heteroatoms. The SMILES string of the molecule is [N-]=[N+]=NCC(C=O)c1ccc(OCc2ccccc2)cc1. The van der Waals surface area contributed by atoms with E-state index in [1.165, 1.54) is 0 Å². The Morgan fingerprint density at radius 2 is 1.86 bits per heavy atom. The van der Waals surface area contributed by atoms with Crippen LogP contribution in [0, 0.1) is 0 Å². The third-order valence-corrected chi connectivity index (χ3v) is 3.06. The first kappa shape index (κ1) is 14.6. The quantitative estimate of drug-likeness (QED) is 0.334. The normalized spacial score (nSPS) is 11.2. The largest absolute Gasteiger partial charge is 0.489 e. The summed E-state index contributed by atoms with van der Waals surface area (Å²) in [6.45, 7) is 0.625. The van der Waals surface area contributed by atoms with Crippen molar-refractivity contribution in [2.45, 2.75) is 12.5 Å². The summed E-state index contributed by atoms with van der Waals surface area (Å²) in [5, 5.41) is 3.44. The molecule has 0 aliphatic heterocycles. The molecule has 0 saturated carbocycles. The fourth-order valence-corrected chi connectivity index (χ4v) is 1.90. The minimum Gasteiger partial charge on any atom is -0.489 e. The number of carbonyl (C=O) groups is 1. The van der Waals surface area contributed by atoms with Gasteiger partial charge < -0.3 is 9.53 Å². The number of rotatable bonds is 7. The van der Waals surface area contributed by atoms with Gasteiger partial charge in [-0.1, -0.05) is 47.6 Å². The lowest BCUT2D eigenvalue weighted by Gasteiger charge is -2.10. The van der Waals surface area contributed by atoms with Crippen LogP contribution >= 0.6 is 0 Å². The Morgan fingerprint density at radius 1 is 1.14 bits per heavy atom. The van der Waals surface area contributed by atoms with Crippen molar-refractivity contribution < 1.29 is 9.53 Å². The number of hydrogen-bond acceptors (Lipinski definition) is 3. The van der Waals surface area contributed by atoms with E-state index in [0.29, 0.717) is 6.61 Å². The number of aldehydes is 1. The van der Waals surface area contributed by atoms with Crippen LogP contribution < -0.4 is 4.74 Å². The van der Waals surface area contributed by atoms with E-state index in [9.17, 15) is 4.79 Å². The Hall–Kier alpha value is -2.78. The maximum absolute atomic E-state index is 11.0. The van der Waals surface area contributed by atoms with Gasteiger partial charge in [-0.25, -0.2) is 0 Å². The van der Waals surface area contributed by atoms with Crippen molar-refractivity contribution in [1.82, 2.24) is 0 Å². The summed E-state index contributed by atoms with van der Waals surface area (Å²) >= 11 is 0. The number of ether oxygens (including phenoxy) is 1. The third-order valence-electron chi connectivity index (χ3n) is 3.06. The predicted octanol–water partition coefficient (Wildman–Crippen LogP) is 3.86. The van der Waals surface area contributed by atoms with E-state index in [4.69, 9.17) is 10.3 Å². The van der Waals surface area contributed by atoms with Gasteiger partial charge in [-0.2, -0.15) is 0 Å². The third kappa shape index (κ3) is 4.37. The maximum atomic E-state index is 11.0. The number of benzene rings is 2. The molecule has 0 fully saturated rings. The van der Waals surface area contributed by atoms with E-state index in [2.05, 4.69) is 10.0 Å². The van der Waals surface area contributed by atoms with Crippen LogP contribution in [0.4, 0.5) is 0 Å². The highest BCUT2D eigenvalue weighted by molar-refractivity contribution is 5.62. The monoisotopic (exact) mass is 281 g/mol. The standard InChI is InChI=1S/C16H15N3O2/c17-19-18-10-15(11-20)14-6-8-16(9-7-14)21-12-13-4-2-1-3-5-13/h1-9,11,15H,10,12H2. The van der Waals surface area contributed by atoms with Crippen LogP contribution in [0.2, 0.25) is 0 Å². The van der Waals surface area contributed by atoms with Gasteiger partial charge in [-0.3, -0.25) is 0 Å². The molecule has 2 aromatic rings. The summed E-state index contributed by atoms with van der Waals surface area (Å²) in [4.78, 5) is 13.7. The summed E-state index contributed by atoms with van der Waals surface area (Å²) in [7, 11) is 0. The molecule has 0 heterocycles. The molecule has 0 aliphatic rings. The molecule has 2 rings (SSSR count). The molecule has 21 heavy (non-hydrogen) atoms. The maximum Gasteiger partial charge on any atom is 0.127 e. The second-order valence-electron chi connectivity index (χ2n) is 4.50. The second kappa shape index (κ2) is 7.72. The van der Waals surface area contributed by atoms with Crippen molar-refractivity contribution in [1.29, 1.82) is 0 Å². The van der Waals surface area contributed by atoms with Crippen LogP contribution in [0.3, 0.4) is 0 Å². The van der Waals surface area contributed by atoms with Crippen LogP contribution in [-0.2, 0) is 11.4 Å². The van der Waals surface area contributed by atoms with Gasteiger partial charge in [0.25, 0.3) is 0 Å². The molecule has 0 spiro atoms. The number of hydrogen-bond donors (Lipinski definition) is 0. The van der Waals surface area contributed by atoms with Gasteiger partial charge in [0.1, 0.15) is 18.6 Å². The summed E-state index contributed by atoms with van der Waals surface area (Å²) in [6, 6.07) is 17.1. The van der Waals surface area contributed by atoms with Crippen molar-refractivity contribution in [2.24, 2.45) is 5.11 Å². The molecular weight excluding hydrogens is 266 g/mol. The van der Waals surface area contributed by atoms with Gasteiger partial charge in [0.05, 0.1) is 0 Å². The summed E-state index contributed by atoms with van der Waals surface area (Å²) in [6.07, 6.45) is 0.786. The van der Waals surface area contributed by atoms with Crippen LogP contribution in [0.15, 0.2) is 59.7 Å². The molecular formula is C16H15N3O2. The van der Waals surface area contributed by atoms with Crippen LogP contribution in [0.1, 0.15) is 17.0 Å². The lowest BCUT2D eigenvalue weighted by atomic mass is 10.0. The fraction of sp³-hybridized carbons (Fsp3) is 0.188. The fourth-order valence-electron chi connectivity index (χ4n) is 1.90. The minimum absolute atomic E-state index is 0.129. The summed E-state index contributed by atoms with van der Waals surface area (Å²) in [5.74, 6) is 0.320. The first-order valence-corrected chi connectivity index (χ1v) is 6.56. The van der Waals surface area contributed by atoms with Gasteiger partial charge >= 0.3 is 0 Å². The Balaban J connectivity index is 1.98. The first-order chi connectivity index (χ1) is 10.3. The molecule has 0 aliphatic carbocycles. The zero-order valence-electron chi connectivity index (χ0n) is 11.4. The van der Waals surface area contributed by atoms with Gasteiger partial charge in [0.15, 0.2) is 0 Å². The van der Waals surface area contributed by atoms with Crippen molar-refractivity contribution >= 4 is 6.29 Å². The molecule has 1 unspecified atom stereocenters. The van der Waals surface area contributed by atoms with E-state index < -0.39 is 5.92 Å². The summed E-state index contributed by atoms with van der Waals surface area (Å²) in [5.41, 5.74) is 10.2. The van der Waals surface area contributed by atoms with Crippen LogP contribution in [-0.4, -0.2) is 12.8 Å². The van der Waals surface area contributed by atoms with Gasteiger partial charge in [0, 0.05) is 17.4 Å². The van der Waals surface area contributed by atoms with Gasteiger partial charge in [0.2, 0.25) is 0 Å². The second-order valence-corrected chi connectivity index (χ2v) is 4.50. The van der Waals surface area contributed by atoms with Crippen LogP contribution in [0.25, 0.3) is 10.4 Å². The lowest BCUT2D eigenvalue weighted by molar-refractivity contribution is -0.108. The van der Waals surface area contributed by atoms with Gasteiger partial charge in [-0.15, -0.1) is 0 Å². The summed E-state index contributed by atoms with van der Waals surface area (Å²) < 4.78 is 5.67. The highest BCUT2D eigenvalue weighted by Crippen LogP contribution is 2.19. The highest BCUT2D eigenvalue weighted by Gasteiger charge is 2.09. The molecule has 0 N–H and O–H groups in total. The van der Waals surface area contributed by atoms with E-state index in [1.54, 1.807) is 0 Å². The Morgan fingerprint density at radius 3 is 2.48 bits per heavy atom. The Bertz CT molecular complexity index is 620. The average Bonchev–Trinajstić information content (AvgIpc) is 2.56. The molecule has 106 valence electrons. The first-order valence-electron chi connectivity index (χ1n) is 6.56. The van der Waals surface area contributed by atoms with Crippen molar-refractivity contribution in [3.8, 4) is 5.75 Å². The van der Waals surface area contributed by atoms with Crippen molar-refractivity contribution in [3.05, 3.63) is 76.2 Å². The van der Waals surface area contributed by atoms with E-state index >= 15 is 0 Å². The molecule has 0 aromatic heterocycles. The zero-order valence-corrected chi connectivity index (χ0v) is 11.4. The molecule has 0 saturated heterocycles. The molecule has 1 atom stereocenters. The van der Waals surface area contributed by atoms with Crippen LogP contribution in [0.5, 0.6) is 5.75 Å².